The quantitative estimate of drug-likeness (QED) is 0.803. The second kappa shape index (κ2) is 6.83. The number of fused-ring (bicyclic) bond motifs is 1. The summed E-state index contributed by atoms with van der Waals surface area (Å²) >= 11 is 1.53. The number of aryl methyl sites for hydroxylation is 1. The van der Waals surface area contributed by atoms with Gasteiger partial charge in [-0.1, -0.05) is 13.3 Å². The van der Waals surface area contributed by atoms with Crippen LogP contribution in [0.3, 0.4) is 0 Å². The van der Waals surface area contributed by atoms with E-state index in [1.807, 2.05) is 13.0 Å². The normalized spacial score (nSPS) is 17.3. The summed E-state index contributed by atoms with van der Waals surface area (Å²) < 4.78 is 6.97. The molecule has 0 radical (unpaired) electrons. The van der Waals surface area contributed by atoms with Crippen molar-refractivity contribution in [2.45, 2.75) is 64.5 Å². The van der Waals surface area contributed by atoms with Crippen LogP contribution < -0.4 is 5.56 Å². The van der Waals surface area contributed by atoms with Crippen LogP contribution in [0, 0.1) is 0 Å². The average molecular weight is 334 g/mol. The van der Waals surface area contributed by atoms with Gasteiger partial charge in [-0.2, -0.15) is 0 Å². The fourth-order valence-corrected chi connectivity index (χ4v) is 3.92. The fourth-order valence-electron chi connectivity index (χ4n) is 3.00. The van der Waals surface area contributed by atoms with Crippen molar-refractivity contribution in [2.75, 3.05) is 0 Å². The van der Waals surface area contributed by atoms with Gasteiger partial charge in [0.15, 0.2) is 0 Å². The van der Waals surface area contributed by atoms with Crippen LogP contribution in [-0.4, -0.2) is 21.6 Å². The van der Waals surface area contributed by atoms with E-state index in [1.54, 1.807) is 6.92 Å². The maximum Gasteiger partial charge on any atom is 0.329 e. The molecule has 0 aromatic carbocycles. The lowest BCUT2D eigenvalue weighted by Crippen LogP contribution is -2.32. The van der Waals surface area contributed by atoms with E-state index in [4.69, 9.17) is 4.74 Å². The van der Waals surface area contributed by atoms with Crippen molar-refractivity contribution >= 4 is 27.5 Å². The largest absolute Gasteiger partial charge is 0.461 e. The third kappa shape index (κ3) is 3.32. The van der Waals surface area contributed by atoms with E-state index in [1.165, 1.54) is 28.7 Å². The molecule has 124 valence electrons. The van der Waals surface area contributed by atoms with Gasteiger partial charge >= 0.3 is 5.97 Å². The molecule has 1 aliphatic carbocycles. The van der Waals surface area contributed by atoms with E-state index in [2.05, 4.69) is 4.98 Å². The first-order valence-corrected chi connectivity index (χ1v) is 9.12. The standard InChI is InChI=1S/C17H22N2O3S/c1-3-13-9-14-15(23-13)18-10-19(16(14)20)11(2)17(21)22-12-7-5-4-6-8-12/h9-12H,3-8H2,1-2H3/t11-/m1/s1. The number of thiophene rings is 1. The number of esters is 1. The molecule has 1 saturated carbocycles. The van der Waals surface area contributed by atoms with E-state index in [0.29, 0.717) is 5.39 Å². The van der Waals surface area contributed by atoms with Crippen LogP contribution in [0.5, 0.6) is 0 Å². The van der Waals surface area contributed by atoms with Crippen molar-refractivity contribution < 1.29 is 9.53 Å². The molecule has 0 saturated heterocycles. The molecule has 1 aliphatic rings. The van der Waals surface area contributed by atoms with Crippen molar-refractivity contribution in [3.63, 3.8) is 0 Å². The van der Waals surface area contributed by atoms with Crippen molar-refractivity contribution in [3.8, 4) is 0 Å². The Balaban J connectivity index is 1.82. The molecule has 1 atom stereocenters. The molecule has 6 heteroatoms. The molecule has 1 fully saturated rings. The van der Waals surface area contributed by atoms with Gasteiger partial charge in [-0.15, -0.1) is 11.3 Å². The van der Waals surface area contributed by atoms with Crippen LogP contribution in [0.25, 0.3) is 10.2 Å². The van der Waals surface area contributed by atoms with Crippen LogP contribution in [0.4, 0.5) is 0 Å². The number of rotatable bonds is 4. The smallest absolute Gasteiger partial charge is 0.329 e. The highest BCUT2D eigenvalue weighted by Gasteiger charge is 2.24. The van der Waals surface area contributed by atoms with Gasteiger partial charge < -0.3 is 4.74 Å². The summed E-state index contributed by atoms with van der Waals surface area (Å²) in [5.74, 6) is -0.342. The molecule has 0 aliphatic heterocycles. The lowest BCUT2D eigenvalue weighted by molar-refractivity contribution is -0.154. The minimum absolute atomic E-state index is 0.000987. The molecular formula is C17H22N2O3S. The summed E-state index contributed by atoms with van der Waals surface area (Å²) in [5, 5.41) is 0.590. The van der Waals surface area contributed by atoms with Gasteiger partial charge in [0.05, 0.1) is 11.7 Å². The Morgan fingerprint density at radius 1 is 1.43 bits per heavy atom. The van der Waals surface area contributed by atoms with Gasteiger partial charge in [0, 0.05) is 4.88 Å². The van der Waals surface area contributed by atoms with E-state index in [9.17, 15) is 9.59 Å². The summed E-state index contributed by atoms with van der Waals surface area (Å²) in [4.78, 5) is 31.2. The molecule has 0 spiro atoms. The summed E-state index contributed by atoms with van der Waals surface area (Å²) in [6, 6.07) is 1.23. The monoisotopic (exact) mass is 334 g/mol. The van der Waals surface area contributed by atoms with Crippen molar-refractivity contribution in [1.82, 2.24) is 9.55 Å². The van der Waals surface area contributed by atoms with Gasteiger partial charge in [-0.25, -0.2) is 9.78 Å². The van der Waals surface area contributed by atoms with Gasteiger partial charge in [-0.3, -0.25) is 9.36 Å². The van der Waals surface area contributed by atoms with Crippen LogP contribution in [0.2, 0.25) is 0 Å². The van der Waals surface area contributed by atoms with E-state index in [0.717, 1.165) is 41.8 Å². The Morgan fingerprint density at radius 2 is 2.17 bits per heavy atom. The highest BCUT2D eigenvalue weighted by atomic mass is 32.1. The van der Waals surface area contributed by atoms with Crippen molar-refractivity contribution in [3.05, 3.63) is 27.6 Å². The number of nitrogens with zero attached hydrogens (tertiary/aromatic N) is 2. The highest BCUT2D eigenvalue weighted by Crippen LogP contribution is 2.23. The molecule has 23 heavy (non-hydrogen) atoms. The number of aromatic nitrogens is 2. The zero-order valence-electron chi connectivity index (χ0n) is 13.6. The van der Waals surface area contributed by atoms with E-state index < -0.39 is 6.04 Å². The highest BCUT2D eigenvalue weighted by molar-refractivity contribution is 7.18. The molecule has 0 bridgehead atoms. The molecule has 2 heterocycles. The Kier molecular flexibility index (Phi) is 4.80. The Morgan fingerprint density at radius 3 is 2.87 bits per heavy atom. The first-order valence-electron chi connectivity index (χ1n) is 8.30. The third-order valence-electron chi connectivity index (χ3n) is 4.47. The maximum absolute atomic E-state index is 12.6. The molecule has 0 N–H and O–H groups in total. The fraction of sp³-hybridized carbons (Fsp3) is 0.588. The molecule has 2 aromatic rings. The van der Waals surface area contributed by atoms with Gasteiger partial charge in [0.1, 0.15) is 17.0 Å². The number of ether oxygens (including phenoxy) is 1. The molecule has 5 nitrogen and oxygen atoms in total. The van der Waals surface area contributed by atoms with Crippen molar-refractivity contribution in [1.29, 1.82) is 0 Å². The predicted molar refractivity (Wildman–Crippen MR) is 90.9 cm³/mol. The molecule has 2 aromatic heterocycles. The Labute approximate surface area is 139 Å². The van der Waals surface area contributed by atoms with Crippen molar-refractivity contribution in [2.24, 2.45) is 0 Å². The molecule has 3 rings (SSSR count). The Hall–Kier alpha value is -1.69. The van der Waals surface area contributed by atoms with E-state index >= 15 is 0 Å². The summed E-state index contributed by atoms with van der Waals surface area (Å²) in [5.41, 5.74) is -0.168. The topological polar surface area (TPSA) is 61.2 Å². The van der Waals surface area contributed by atoms with Crippen LogP contribution in [0.15, 0.2) is 17.2 Å². The second-order valence-corrected chi connectivity index (χ2v) is 7.23. The Bertz CT molecular complexity index is 759. The molecule has 0 unspecified atom stereocenters. The lowest BCUT2D eigenvalue weighted by atomic mass is 9.98. The minimum Gasteiger partial charge on any atom is -0.461 e. The van der Waals surface area contributed by atoms with Crippen LogP contribution in [0.1, 0.15) is 56.9 Å². The summed E-state index contributed by atoms with van der Waals surface area (Å²) in [7, 11) is 0. The van der Waals surface area contributed by atoms with Crippen LogP contribution in [-0.2, 0) is 16.0 Å². The van der Waals surface area contributed by atoms with E-state index in [-0.39, 0.29) is 17.6 Å². The number of hydrogen-bond acceptors (Lipinski definition) is 5. The first kappa shape index (κ1) is 16.2. The van der Waals surface area contributed by atoms with Gasteiger partial charge in [0.25, 0.3) is 5.56 Å². The van der Waals surface area contributed by atoms with Gasteiger partial charge in [-0.05, 0) is 45.1 Å². The zero-order valence-corrected chi connectivity index (χ0v) is 14.4. The first-order chi connectivity index (χ1) is 11.1. The number of carbonyl (C=O) groups excluding carboxylic acids is 1. The summed E-state index contributed by atoms with van der Waals surface area (Å²) in [6.07, 6.45) is 7.61. The third-order valence-corrected chi connectivity index (χ3v) is 5.66. The predicted octanol–water partition coefficient (Wildman–Crippen LogP) is 3.46. The van der Waals surface area contributed by atoms with Crippen LogP contribution >= 0.6 is 11.3 Å². The second-order valence-electron chi connectivity index (χ2n) is 6.11. The SMILES string of the molecule is CCc1cc2c(=O)n([C@H](C)C(=O)OC3CCCCC3)cnc2s1. The lowest BCUT2D eigenvalue weighted by Gasteiger charge is -2.24. The average Bonchev–Trinajstić information content (AvgIpc) is 3.00. The molecule has 0 amide bonds. The number of carbonyl (C=O) groups is 1. The minimum atomic E-state index is -0.647. The maximum atomic E-state index is 12.6. The zero-order chi connectivity index (χ0) is 16.4. The summed E-state index contributed by atoms with van der Waals surface area (Å²) in [6.45, 7) is 3.75. The van der Waals surface area contributed by atoms with Gasteiger partial charge in [0.2, 0.25) is 0 Å². The molecular weight excluding hydrogens is 312 g/mol. The number of hydrogen-bond donors (Lipinski definition) is 0.